The second-order valence-electron chi connectivity index (χ2n) is 7.78. The average molecular weight is 443 g/mol. The van der Waals surface area contributed by atoms with Crippen molar-refractivity contribution in [2.75, 3.05) is 23.4 Å². The number of nitrogens with one attached hydrogen (secondary N) is 1. The van der Waals surface area contributed by atoms with E-state index < -0.39 is 5.82 Å². The third kappa shape index (κ3) is 8.98. The van der Waals surface area contributed by atoms with E-state index >= 15 is 0 Å². The van der Waals surface area contributed by atoms with Crippen LogP contribution >= 0.6 is 0 Å². The number of unbranched alkanes of at least 4 members (excludes halogenated alkanes) is 3. The van der Waals surface area contributed by atoms with Crippen LogP contribution in [0.5, 0.6) is 0 Å². The SMILES string of the molecule is CC(=O)CCCCCCC(=O)Nc1ccc(CC(=O)N(CCO)c2ccc(F)cc2)cc1. The Bertz CT molecular complexity index is 882. The lowest BCUT2D eigenvalue weighted by Crippen LogP contribution is -2.34. The number of anilines is 2. The molecule has 0 saturated heterocycles. The number of hydrogen-bond acceptors (Lipinski definition) is 4. The number of aliphatic hydroxyl groups is 1. The number of halogens is 1. The summed E-state index contributed by atoms with van der Waals surface area (Å²) in [5, 5.41) is 12.1. The van der Waals surface area contributed by atoms with Crippen LogP contribution in [0, 0.1) is 5.82 Å². The highest BCUT2D eigenvalue weighted by Gasteiger charge is 2.16. The second-order valence-corrected chi connectivity index (χ2v) is 7.78. The Morgan fingerprint density at radius 2 is 1.53 bits per heavy atom. The molecule has 0 bridgehead atoms. The number of amides is 2. The van der Waals surface area contributed by atoms with E-state index in [1.165, 1.54) is 29.2 Å². The molecule has 0 radical (unpaired) electrons. The van der Waals surface area contributed by atoms with Crippen molar-refractivity contribution in [3.8, 4) is 0 Å². The third-order valence-electron chi connectivity index (χ3n) is 5.04. The van der Waals surface area contributed by atoms with Crippen LogP contribution in [0.1, 0.15) is 51.0 Å². The van der Waals surface area contributed by atoms with E-state index in [1.54, 1.807) is 31.2 Å². The van der Waals surface area contributed by atoms with Crippen LogP contribution in [0.3, 0.4) is 0 Å². The Kier molecular flexibility index (Phi) is 10.5. The summed E-state index contributed by atoms with van der Waals surface area (Å²) in [7, 11) is 0. The summed E-state index contributed by atoms with van der Waals surface area (Å²) in [6.07, 6.45) is 4.65. The number of Topliss-reactive ketones (excluding diaryl/α,β-unsaturated/α-hetero) is 1. The first-order valence-corrected chi connectivity index (χ1v) is 10.9. The fourth-order valence-corrected chi connectivity index (χ4v) is 3.33. The molecule has 0 aliphatic heterocycles. The molecule has 6 nitrogen and oxygen atoms in total. The number of nitrogens with zero attached hydrogens (tertiary/aromatic N) is 1. The van der Waals surface area contributed by atoms with Crippen LogP contribution in [0.2, 0.25) is 0 Å². The van der Waals surface area contributed by atoms with Gasteiger partial charge in [-0.25, -0.2) is 4.39 Å². The molecule has 0 aromatic heterocycles. The van der Waals surface area contributed by atoms with E-state index in [-0.39, 0.29) is 37.2 Å². The molecule has 32 heavy (non-hydrogen) atoms. The summed E-state index contributed by atoms with van der Waals surface area (Å²) >= 11 is 0. The summed E-state index contributed by atoms with van der Waals surface area (Å²) in [5.41, 5.74) is 1.95. The number of aliphatic hydroxyl groups excluding tert-OH is 1. The molecule has 0 aliphatic rings. The topological polar surface area (TPSA) is 86.7 Å². The van der Waals surface area contributed by atoms with Crippen molar-refractivity contribution >= 4 is 29.0 Å². The van der Waals surface area contributed by atoms with Gasteiger partial charge in [0, 0.05) is 30.8 Å². The highest BCUT2D eigenvalue weighted by Crippen LogP contribution is 2.18. The zero-order valence-electron chi connectivity index (χ0n) is 18.5. The molecule has 0 unspecified atom stereocenters. The average Bonchev–Trinajstić information content (AvgIpc) is 2.76. The minimum atomic E-state index is -0.393. The number of carbonyl (C=O) groups is 3. The highest BCUT2D eigenvalue weighted by atomic mass is 19.1. The van der Waals surface area contributed by atoms with Crippen LogP contribution in [-0.4, -0.2) is 35.9 Å². The van der Waals surface area contributed by atoms with Crippen molar-refractivity contribution in [3.05, 3.63) is 59.9 Å². The van der Waals surface area contributed by atoms with Gasteiger partial charge in [-0.1, -0.05) is 25.0 Å². The van der Waals surface area contributed by atoms with Crippen molar-refractivity contribution in [2.24, 2.45) is 0 Å². The Morgan fingerprint density at radius 3 is 2.12 bits per heavy atom. The Hall–Kier alpha value is -3.06. The molecule has 0 saturated carbocycles. The molecule has 2 amide bonds. The maximum absolute atomic E-state index is 13.2. The Balaban J connectivity index is 1.82. The molecule has 172 valence electrons. The monoisotopic (exact) mass is 442 g/mol. The normalized spacial score (nSPS) is 10.6. The maximum Gasteiger partial charge on any atom is 0.231 e. The zero-order chi connectivity index (χ0) is 23.3. The first-order chi connectivity index (χ1) is 15.4. The third-order valence-corrected chi connectivity index (χ3v) is 5.04. The standard InChI is InChI=1S/C25H31FN2O4/c1-19(30)6-4-2-3-5-7-24(31)27-22-12-8-20(9-13-22)18-25(32)28(16-17-29)23-14-10-21(26)11-15-23/h8-15,29H,2-7,16-18H2,1H3,(H,27,31). The van der Waals surface area contributed by atoms with Crippen LogP contribution in [0.25, 0.3) is 0 Å². The van der Waals surface area contributed by atoms with Gasteiger partial charge in [0.25, 0.3) is 0 Å². The molecular formula is C25H31FN2O4. The maximum atomic E-state index is 13.2. The Labute approximate surface area is 188 Å². The molecule has 0 spiro atoms. The van der Waals surface area contributed by atoms with Crippen molar-refractivity contribution in [1.82, 2.24) is 0 Å². The molecule has 0 heterocycles. The van der Waals surface area contributed by atoms with Gasteiger partial charge in [0.2, 0.25) is 11.8 Å². The summed E-state index contributed by atoms with van der Waals surface area (Å²) in [6, 6.07) is 12.6. The predicted octanol–water partition coefficient (Wildman–Crippen LogP) is 4.26. The summed E-state index contributed by atoms with van der Waals surface area (Å²) in [5.74, 6) is -0.474. The van der Waals surface area contributed by atoms with E-state index in [9.17, 15) is 23.9 Å². The van der Waals surface area contributed by atoms with Crippen LogP contribution < -0.4 is 10.2 Å². The number of ketones is 1. The summed E-state index contributed by atoms with van der Waals surface area (Å²) in [4.78, 5) is 37.1. The summed E-state index contributed by atoms with van der Waals surface area (Å²) in [6.45, 7) is 1.50. The largest absolute Gasteiger partial charge is 0.395 e. The van der Waals surface area contributed by atoms with E-state index in [2.05, 4.69) is 5.32 Å². The second kappa shape index (κ2) is 13.4. The minimum Gasteiger partial charge on any atom is -0.395 e. The number of hydrogen-bond donors (Lipinski definition) is 2. The molecule has 2 N–H and O–H groups in total. The minimum absolute atomic E-state index is 0.0641. The first-order valence-electron chi connectivity index (χ1n) is 10.9. The quantitative estimate of drug-likeness (QED) is 0.454. The van der Waals surface area contributed by atoms with Crippen molar-refractivity contribution in [1.29, 1.82) is 0 Å². The molecule has 0 atom stereocenters. The molecule has 2 rings (SSSR count). The van der Waals surface area contributed by atoms with Gasteiger partial charge in [-0.3, -0.25) is 9.59 Å². The van der Waals surface area contributed by atoms with Crippen LogP contribution in [-0.2, 0) is 20.8 Å². The van der Waals surface area contributed by atoms with Gasteiger partial charge < -0.3 is 20.1 Å². The molecule has 0 fully saturated rings. The Morgan fingerprint density at radius 1 is 0.906 bits per heavy atom. The van der Waals surface area contributed by atoms with Gasteiger partial charge in [0.15, 0.2) is 0 Å². The van der Waals surface area contributed by atoms with Gasteiger partial charge in [-0.05, 0) is 61.7 Å². The molecular weight excluding hydrogens is 411 g/mol. The lowest BCUT2D eigenvalue weighted by molar-refractivity contribution is -0.118. The van der Waals surface area contributed by atoms with Crippen molar-refractivity contribution < 1.29 is 23.9 Å². The number of carbonyl (C=O) groups excluding carboxylic acids is 3. The molecule has 2 aromatic rings. The van der Waals surface area contributed by atoms with Crippen LogP contribution in [0.4, 0.5) is 15.8 Å². The van der Waals surface area contributed by atoms with E-state index in [4.69, 9.17) is 0 Å². The predicted molar refractivity (Wildman–Crippen MR) is 123 cm³/mol. The fraction of sp³-hybridized carbons (Fsp3) is 0.400. The van der Waals surface area contributed by atoms with Crippen molar-refractivity contribution in [2.45, 2.75) is 51.9 Å². The smallest absolute Gasteiger partial charge is 0.231 e. The highest BCUT2D eigenvalue weighted by molar-refractivity contribution is 5.95. The van der Waals surface area contributed by atoms with E-state index in [1.807, 2.05) is 0 Å². The lowest BCUT2D eigenvalue weighted by atomic mass is 10.1. The van der Waals surface area contributed by atoms with E-state index in [0.29, 0.717) is 24.2 Å². The number of rotatable bonds is 13. The molecule has 7 heteroatoms. The fourth-order valence-electron chi connectivity index (χ4n) is 3.33. The lowest BCUT2D eigenvalue weighted by Gasteiger charge is -2.22. The molecule has 2 aromatic carbocycles. The van der Waals surface area contributed by atoms with Gasteiger partial charge in [0.05, 0.1) is 13.0 Å². The van der Waals surface area contributed by atoms with Crippen LogP contribution in [0.15, 0.2) is 48.5 Å². The van der Waals surface area contributed by atoms with Gasteiger partial charge in [-0.15, -0.1) is 0 Å². The molecule has 0 aliphatic carbocycles. The number of benzene rings is 2. The van der Waals surface area contributed by atoms with E-state index in [0.717, 1.165) is 31.2 Å². The summed E-state index contributed by atoms with van der Waals surface area (Å²) < 4.78 is 13.2. The zero-order valence-corrected chi connectivity index (χ0v) is 18.5. The van der Waals surface area contributed by atoms with Gasteiger partial charge in [0.1, 0.15) is 11.6 Å². The van der Waals surface area contributed by atoms with Crippen molar-refractivity contribution in [3.63, 3.8) is 0 Å². The van der Waals surface area contributed by atoms with Gasteiger partial charge >= 0.3 is 0 Å². The first kappa shape index (κ1) is 25.2. The van der Waals surface area contributed by atoms with Gasteiger partial charge in [-0.2, -0.15) is 0 Å².